The first kappa shape index (κ1) is 26.7. The number of allylic oxidation sites excluding steroid dienone is 5. The molecule has 0 amide bonds. The van der Waals surface area contributed by atoms with E-state index < -0.39 is 0 Å². The molecule has 0 saturated carbocycles. The molecular formula is C27H41IN2. The summed E-state index contributed by atoms with van der Waals surface area (Å²) in [7, 11) is 0. The predicted molar refractivity (Wildman–Crippen MR) is 126 cm³/mol. The van der Waals surface area contributed by atoms with Gasteiger partial charge in [0, 0.05) is 43.1 Å². The van der Waals surface area contributed by atoms with Gasteiger partial charge in [-0.05, 0) is 37.1 Å². The molecule has 2 nitrogen and oxygen atoms in total. The van der Waals surface area contributed by atoms with Gasteiger partial charge in [-0.3, -0.25) is 0 Å². The van der Waals surface area contributed by atoms with Crippen molar-refractivity contribution < 1.29 is 28.5 Å². The Morgan fingerprint density at radius 2 is 1.60 bits per heavy atom. The third kappa shape index (κ3) is 10.6. The zero-order valence-corrected chi connectivity index (χ0v) is 21.3. The number of nitrogens with zero attached hydrogens (tertiary/aromatic N) is 2. The Morgan fingerprint density at radius 3 is 2.37 bits per heavy atom. The summed E-state index contributed by atoms with van der Waals surface area (Å²) in [4.78, 5) is 2.38. The number of hydrogen-bond donors (Lipinski definition) is 0. The van der Waals surface area contributed by atoms with Crippen LogP contribution in [-0.2, 0) is 6.54 Å². The fraction of sp³-hybridized carbons (Fsp3) is 0.519. The van der Waals surface area contributed by atoms with Gasteiger partial charge in [0.2, 0.25) is 5.69 Å². The fourth-order valence-electron chi connectivity index (χ4n) is 3.71. The van der Waals surface area contributed by atoms with Gasteiger partial charge in [-0.1, -0.05) is 70.9 Å². The topological polar surface area (TPSA) is 7.12 Å². The Bertz CT molecular complexity index is 688. The summed E-state index contributed by atoms with van der Waals surface area (Å²) in [6.45, 7) is 6.75. The molecule has 0 bridgehead atoms. The predicted octanol–water partition coefficient (Wildman–Crippen LogP) is 4.20. The van der Waals surface area contributed by atoms with Crippen molar-refractivity contribution >= 4 is 6.08 Å². The van der Waals surface area contributed by atoms with Crippen molar-refractivity contribution in [1.29, 1.82) is 0 Å². The molecule has 3 heteroatoms. The highest BCUT2D eigenvalue weighted by Crippen LogP contribution is 2.15. The summed E-state index contributed by atoms with van der Waals surface area (Å²) in [5, 5.41) is 0. The molecule has 166 valence electrons. The second-order valence-corrected chi connectivity index (χ2v) is 7.99. The van der Waals surface area contributed by atoms with Gasteiger partial charge in [0.25, 0.3) is 0 Å². The van der Waals surface area contributed by atoms with Gasteiger partial charge in [0.1, 0.15) is 6.54 Å². The number of rotatable bonds is 14. The SMILES string of the molecule is CCCCCCCN1C=CC=CC1=CC=Cc1cccc[n+]1CCCCCCC.[I-]. The maximum Gasteiger partial charge on any atom is 0.205 e. The molecule has 2 heterocycles. The van der Waals surface area contributed by atoms with Crippen molar-refractivity contribution in [3.63, 3.8) is 0 Å². The average Bonchev–Trinajstić information content (AvgIpc) is 2.75. The summed E-state index contributed by atoms with van der Waals surface area (Å²) >= 11 is 0. The Balaban J connectivity index is 0.00000450. The normalized spacial score (nSPS) is 14.6. The van der Waals surface area contributed by atoms with Crippen LogP contribution in [0.15, 0.2) is 66.7 Å². The van der Waals surface area contributed by atoms with Crippen molar-refractivity contribution in [2.24, 2.45) is 0 Å². The van der Waals surface area contributed by atoms with Gasteiger partial charge in [-0.15, -0.1) is 0 Å². The molecule has 1 aromatic rings. The van der Waals surface area contributed by atoms with Gasteiger partial charge >= 0.3 is 0 Å². The number of pyridine rings is 1. The van der Waals surface area contributed by atoms with Crippen LogP contribution in [0.5, 0.6) is 0 Å². The van der Waals surface area contributed by atoms with Gasteiger partial charge in [0.05, 0.1) is 0 Å². The Morgan fingerprint density at radius 1 is 0.867 bits per heavy atom. The summed E-state index contributed by atoms with van der Waals surface area (Å²) in [6.07, 6.45) is 30.8. The lowest BCUT2D eigenvalue weighted by molar-refractivity contribution is -0.699. The summed E-state index contributed by atoms with van der Waals surface area (Å²) in [5.74, 6) is 0. The monoisotopic (exact) mass is 520 g/mol. The van der Waals surface area contributed by atoms with Gasteiger partial charge in [-0.25, -0.2) is 0 Å². The minimum atomic E-state index is 0. The number of unbranched alkanes of at least 4 members (excludes halogenated alkanes) is 8. The van der Waals surface area contributed by atoms with Gasteiger partial charge < -0.3 is 28.9 Å². The van der Waals surface area contributed by atoms with E-state index in [4.69, 9.17) is 0 Å². The van der Waals surface area contributed by atoms with E-state index in [9.17, 15) is 0 Å². The molecule has 0 saturated heterocycles. The van der Waals surface area contributed by atoms with Gasteiger partial charge in [-0.2, -0.15) is 4.57 Å². The van der Waals surface area contributed by atoms with Crippen LogP contribution in [0.25, 0.3) is 6.08 Å². The zero-order valence-electron chi connectivity index (χ0n) is 19.1. The minimum absolute atomic E-state index is 0. The molecule has 0 spiro atoms. The molecule has 0 radical (unpaired) electrons. The van der Waals surface area contributed by atoms with Gasteiger partial charge in [0.15, 0.2) is 6.20 Å². The van der Waals surface area contributed by atoms with Crippen molar-refractivity contribution in [2.75, 3.05) is 6.54 Å². The Hall–Kier alpha value is -1.36. The second kappa shape index (κ2) is 17.3. The van der Waals surface area contributed by atoms with E-state index in [1.807, 2.05) is 0 Å². The van der Waals surface area contributed by atoms with E-state index in [-0.39, 0.29) is 24.0 Å². The van der Waals surface area contributed by atoms with Crippen molar-refractivity contribution in [3.8, 4) is 0 Å². The highest BCUT2D eigenvalue weighted by atomic mass is 127. The quantitative estimate of drug-likeness (QED) is 0.203. The fourth-order valence-corrected chi connectivity index (χ4v) is 3.71. The van der Waals surface area contributed by atoms with E-state index >= 15 is 0 Å². The van der Waals surface area contributed by atoms with Crippen molar-refractivity contribution in [2.45, 2.75) is 84.6 Å². The third-order valence-corrected chi connectivity index (χ3v) is 5.49. The number of aryl methyl sites for hydroxylation is 1. The Kier molecular flexibility index (Phi) is 15.4. The number of aromatic nitrogens is 1. The van der Waals surface area contributed by atoms with E-state index in [1.165, 1.54) is 75.6 Å². The first-order valence-electron chi connectivity index (χ1n) is 11.8. The molecule has 0 aromatic carbocycles. The van der Waals surface area contributed by atoms with E-state index in [1.54, 1.807) is 0 Å². The molecule has 2 rings (SSSR count). The summed E-state index contributed by atoms with van der Waals surface area (Å²) < 4.78 is 2.38. The molecule has 1 aliphatic heterocycles. The summed E-state index contributed by atoms with van der Waals surface area (Å²) in [6, 6.07) is 6.48. The first-order chi connectivity index (χ1) is 14.3. The number of halogens is 1. The maximum atomic E-state index is 2.38. The number of hydrogen-bond acceptors (Lipinski definition) is 1. The summed E-state index contributed by atoms with van der Waals surface area (Å²) in [5.41, 5.74) is 2.56. The van der Waals surface area contributed by atoms with Crippen LogP contribution in [0.3, 0.4) is 0 Å². The lowest BCUT2D eigenvalue weighted by Gasteiger charge is -2.23. The second-order valence-electron chi connectivity index (χ2n) is 7.99. The first-order valence-corrected chi connectivity index (χ1v) is 11.8. The lowest BCUT2D eigenvalue weighted by atomic mass is 10.1. The third-order valence-electron chi connectivity index (χ3n) is 5.49. The molecule has 0 N–H and O–H groups in total. The van der Waals surface area contributed by atoms with Crippen LogP contribution in [0, 0.1) is 0 Å². The smallest absolute Gasteiger partial charge is 0.205 e. The van der Waals surface area contributed by atoms with Crippen molar-refractivity contribution in [3.05, 3.63) is 72.4 Å². The zero-order chi connectivity index (χ0) is 20.6. The van der Waals surface area contributed by atoms with E-state index in [0.29, 0.717) is 0 Å². The highest BCUT2D eigenvalue weighted by Gasteiger charge is 2.07. The lowest BCUT2D eigenvalue weighted by Crippen LogP contribution is -3.00. The maximum absolute atomic E-state index is 2.38. The Labute approximate surface area is 202 Å². The van der Waals surface area contributed by atoms with Crippen molar-refractivity contribution in [1.82, 2.24) is 4.90 Å². The molecule has 1 aromatic heterocycles. The molecule has 0 fully saturated rings. The molecule has 1 aliphatic rings. The van der Waals surface area contributed by atoms with Crippen LogP contribution >= 0.6 is 0 Å². The molecule has 30 heavy (non-hydrogen) atoms. The van der Waals surface area contributed by atoms with Crippen LogP contribution < -0.4 is 28.5 Å². The highest BCUT2D eigenvalue weighted by molar-refractivity contribution is 5.45. The van der Waals surface area contributed by atoms with Crippen LogP contribution in [0.1, 0.15) is 83.7 Å². The van der Waals surface area contributed by atoms with Crippen LogP contribution in [-0.4, -0.2) is 11.4 Å². The van der Waals surface area contributed by atoms with E-state index in [2.05, 4.69) is 90.4 Å². The molecule has 0 unspecified atom stereocenters. The molecular weight excluding hydrogens is 479 g/mol. The minimum Gasteiger partial charge on any atom is -1.00 e. The standard InChI is InChI=1S/C27H41N2.HI/c1-3-5-7-9-13-22-28-24-15-11-18-26(28)20-17-21-27-19-12-16-25-29(27)23-14-10-8-6-4-2;/h11-12,15-21,24-25H,3-10,13-14,22-23H2,1-2H3;1H/q+1;/p-1. The van der Waals surface area contributed by atoms with Crippen LogP contribution in [0.2, 0.25) is 0 Å². The van der Waals surface area contributed by atoms with Crippen LogP contribution in [0.4, 0.5) is 0 Å². The average molecular weight is 521 g/mol. The molecule has 0 atom stereocenters. The largest absolute Gasteiger partial charge is 1.00 e. The van der Waals surface area contributed by atoms with E-state index in [0.717, 1.165) is 13.1 Å². The molecule has 0 aliphatic carbocycles.